The summed E-state index contributed by atoms with van der Waals surface area (Å²) >= 11 is 0. The van der Waals surface area contributed by atoms with Crippen molar-refractivity contribution in [1.29, 1.82) is 0 Å². The van der Waals surface area contributed by atoms with E-state index in [0.717, 1.165) is 29.7 Å². The number of nitrogens with zero attached hydrogens (tertiary/aromatic N) is 1. The number of sulfonamides is 1. The van der Waals surface area contributed by atoms with Crippen LogP contribution in [0.15, 0.2) is 94.3 Å². The van der Waals surface area contributed by atoms with Crippen molar-refractivity contribution in [2.24, 2.45) is 5.14 Å². The van der Waals surface area contributed by atoms with E-state index >= 15 is 0 Å². The highest BCUT2D eigenvalue weighted by Gasteiger charge is 2.34. The molecular weight excluding hydrogens is 516 g/mol. The van der Waals surface area contributed by atoms with Gasteiger partial charge in [0, 0.05) is 50.4 Å². The monoisotopic (exact) mass is 546 g/mol. The van der Waals surface area contributed by atoms with E-state index in [4.69, 9.17) is 23.8 Å². The molecule has 0 radical (unpaired) electrons. The molecule has 5 rings (SSSR count). The maximum atomic E-state index is 11.7. The molecule has 0 saturated carbocycles. The van der Waals surface area contributed by atoms with Crippen molar-refractivity contribution in [1.82, 2.24) is 4.98 Å². The Morgan fingerprint density at radius 3 is 2.41 bits per heavy atom. The van der Waals surface area contributed by atoms with Crippen LogP contribution in [0.1, 0.15) is 24.3 Å². The largest absolute Gasteiger partial charge is 0.490 e. The van der Waals surface area contributed by atoms with E-state index in [0.29, 0.717) is 42.7 Å². The third-order valence-electron chi connectivity index (χ3n) is 6.79. The van der Waals surface area contributed by atoms with Gasteiger partial charge in [-0.15, -0.1) is 0 Å². The van der Waals surface area contributed by atoms with Gasteiger partial charge in [-0.05, 0) is 48.0 Å². The van der Waals surface area contributed by atoms with Gasteiger partial charge >= 0.3 is 0 Å². The van der Waals surface area contributed by atoms with Gasteiger partial charge in [0.1, 0.15) is 18.1 Å². The average molecular weight is 547 g/mol. The summed E-state index contributed by atoms with van der Waals surface area (Å²) in [7, 11) is -2.05. The number of oxazole rings is 1. The molecule has 1 aliphatic heterocycles. The number of methoxy groups -OCH3 is 1. The Morgan fingerprint density at radius 1 is 0.974 bits per heavy atom. The number of benzene rings is 3. The predicted molar refractivity (Wildman–Crippen MR) is 148 cm³/mol. The van der Waals surface area contributed by atoms with Crippen LogP contribution in [-0.4, -0.2) is 40.3 Å². The van der Waals surface area contributed by atoms with Gasteiger partial charge in [-0.2, -0.15) is 0 Å². The standard InChI is InChI=1S/C30H30N2O6S/c1-35-30(16-19-36-20-17-30)24-9-5-10-25(21-24)37-18-6-11-27-32-28(22-7-3-2-4-8-22)29(38-27)23-12-14-26(15-13-23)39(31,33)34/h2-15,21H,16-20H2,1H3,(H2,31,33,34)/b11-6+. The van der Waals surface area contributed by atoms with E-state index in [9.17, 15) is 8.42 Å². The van der Waals surface area contributed by atoms with Gasteiger partial charge in [0.2, 0.25) is 15.9 Å². The van der Waals surface area contributed by atoms with Crippen LogP contribution < -0.4 is 9.88 Å². The fourth-order valence-electron chi connectivity index (χ4n) is 4.67. The minimum absolute atomic E-state index is 0.0293. The molecule has 8 nitrogen and oxygen atoms in total. The molecular formula is C30H30N2O6S. The summed E-state index contributed by atoms with van der Waals surface area (Å²) < 4.78 is 46.8. The van der Waals surface area contributed by atoms with Gasteiger partial charge in [-0.1, -0.05) is 42.5 Å². The second kappa shape index (κ2) is 11.5. The van der Waals surface area contributed by atoms with Crippen LogP contribution in [0.3, 0.4) is 0 Å². The van der Waals surface area contributed by atoms with Crippen molar-refractivity contribution in [3.8, 4) is 28.3 Å². The molecule has 0 amide bonds. The minimum Gasteiger partial charge on any atom is -0.490 e. The predicted octanol–water partition coefficient (Wildman–Crippen LogP) is 5.40. The number of aromatic nitrogens is 1. The van der Waals surface area contributed by atoms with Crippen LogP contribution in [0.2, 0.25) is 0 Å². The molecule has 0 unspecified atom stereocenters. The zero-order valence-corrected chi connectivity index (χ0v) is 22.4. The molecule has 1 fully saturated rings. The van der Waals surface area contributed by atoms with E-state index in [1.807, 2.05) is 54.6 Å². The quantitative estimate of drug-likeness (QED) is 0.299. The Bertz CT molecular complexity index is 1540. The maximum Gasteiger partial charge on any atom is 0.238 e. The lowest BCUT2D eigenvalue weighted by molar-refractivity contribution is -0.0948. The van der Waals surface area contributed by atoms with Crippen LogP contribution in [0, 0.1) is 0 Å². The zero-order chi connectivity index (χ0) is 27.3. The Balaban J connectivity index is 1.34. The van der Waals surface area contributed by atoms with Gasteiger partial charge in [0.25, 0.3) is 0 Å². The van der Waals surface area contributed by atoms with Crippen LogP contribution in [0.25, 0.3) is 28.7 Å². The molecule has 202 valence electrons. The normalized spacial score (nSPS) is 15.4. The van der Waals surface area contributed by atoms with Crippen molar-refractivity contribution in [2.75, 3.05) is 26.9 Å². The second-order valence-corrected chi connectivity index (χ2v) is 10.8. The topological polar surface area (TPSA) is 114 Å². The number of ether oxygens (including phenoxy) is 3. The number of hydrogen-bond donors (Lipinski definition) is 1. The molecule has 1 aliphatic rings. The maximum absolute atomic E-state index is 11.7. The smallest absolute Gasteiger partial charge is 0.238 e. The summed E-state index contributed by atoms with van der Waals surface area (Å²) in [4.78, 5) is 4.72. The van der Waals surface area contributed by atoms with Gasteiger partial charge in [0.15, 0.2) is 5.76 Å². The molecule has 1 aromatic heterocycles. The Hall–Kier alpha value is -3.76. The van der Waals surface area contributed by atoms with Crippen LogP contribution in [0.5, 0.6) is 5.75 Å². The third kappa shape index (κ3) is 6.12. The van der Waals surface area contributed by atoms with Gasteiger partial charge in [-0.25, -0.2) is 18.5 Å². The minimum atomic E-state index is -3.79. The average Bonchev–Trinajstić information content (AvgIpc) is 3.40. The summed E-state index contributed by atoms with van der Waals surface area (Å²) in [5.74, 6) is 1.67. The molecule has 0 aliphatic carbocycles. The van der Waals surface area contributed by atoms with Crippen molar-refractivity contribution in [3.63, 3.8) is 0 Å². The first-order valence-electron chi connectivity index (χ1n) is 12.6. The first-order valence-corrected chi connectivity index (χ1v) is 14.1. The van der Waals surface area contributed by atoms with Crippen LogP contribution in [-0.2, 0) is 25.1 Å². The van der Waals surface area contributed by atoms with E-state index in [1.54, 1.807) is 25.3 Å². The highest BCUT2D eigenvalue weighted by atomic mass is 32.2. The first-order chi connectivity index (χ1) is 18.9. The summed E-state index contributed by atoms with van der Waals surface area (Å²) in [5, 5.41) is 5.24. The number of nitrogens with two attached hydrogens (primary N) is 1. The van der Waals surface area contributed by atoms with Gasteiger partial charge in [-0.3, -0.25) is 0 Å². The van der Waals surface area contributed by atoms with Gasteiger partial charge in [0.05, 0.1) is 10.5 Å². The van der Waals surface area contributed by atoms with E-state index in [2.05, 4.69) is 11.1 Å². The lowest BCUT2D eigenvalue weighted by Crippen LogP contribution is -2.35. The molecule has 1 saturated heterocycles. The van der Waals surface area contributed by atoms with Crippen LogP contribution >= 0.6 is 0 Å². The summed E-state index contributed by atoms with van der Waals surface area (Å²) in [6.45, 7) is 1.65. The lowest BCUT2D eigenvalue weighted by atomic mass is 9.86. The van der Waals surface area contributed by atoms with Gasteiger partial charge < -0.3 is 18.6 Å². The molecule has 4 aromatic rings. The molecule has 2 N–H and O–H groups in total. The second-order valence-electron chi connectivity index (χ2n) is 9.22. The molecule has 39 heavy (non-hydrogen) atoms. The van der Waals surface area contributed by atoms with Crippen molar-refractivity contribution < 1.29 is 27.0 Å². The Morgan fingerprint density at radius 2 is 1.72 bits per heavy atom. The van der Waals surface area contributed by atoms with Crippen molar-refractivity contribution >= 4 is 16.1 Å². The molecule has 0 bridgehead atoms. The van der Waals surface area contributed by atoms with E-state index < -0.39 is 10.0 Å². The molecule has 0 spiro atoms. The van der Waals surface area contributed by atoms with Crippen LogP contribution in [0.4, 0.5) is 0 Å². The molecule has 2 heterocycles. The number of primary sulfonamides is 1. The SMILES string of the molecule is COC1(c2cccc(OC/C=C/c3nc(-c4ccccc4)c(-c4ccc(S(N)(=O)=O)cc4)o3)c2)CCOCC1. The molecule has 3 aromatic carbocycles. The Labute approximate surface area is 228 Å². The third-order valence-corrected chi connectivity index (χ3v) is 7.72. The number of rotatable bonds is 9. The fraction of sp³-hybridized carbons (Fsp3) is 0.233. The number of hydrogen-bond acceptors (Lipinski definition) is 7. The van der Waals surface area contributed by atoms with Crippen molar-refractivity contribution in [3.05, 3.63) is 96.4 Å². The Kier molecular flexibility index (Phi) is 7.94. The summed E-state index contributed by atoms with van der Waals surface area (Å²) in [6, 6.07) is 23.8. The summed E-state index contributed by atoms with van der Waals surface area (Å²) in [6.07, 6.45) is 5.19. The van der Waals surface area contributed by atoms with E-state index in [1.165, 1.54) is 12.1 Å². The molecule has 0 atom stereocenters. The van der Waals surface area contributed by atoms with Crippen molar-refractivity contribution in [2.45, 2.75) is 23.3 Å². The fourth-order valence-corrected chi connectivity index (χ4v) is 5.18. The zero-order valence-electron chi connectivity index (χ0n) is 21.6. The van der Waals surface area contributed by atoms with E-state index in [-0.39, 0.29) is 10.5 Å². The lowest BCUT2D eigenvalue weighted by Gasteiger charge is -2.36. The summed E-state index contributed by atoms with van der Waals surface area (Å²) in [5.41, 5.74) is 2.92. The molecule has 9 heteroatoms. The first kappa shape index (κ1) is 26.8. The highest BCUT2D eigenvalue weighted by molar-refractivity contribution is 7.89. The highest BCUT2D eigenvalue weighted by Crippen LogP contribution is 2.37.